The molecule has 0 aromatic rings. The fourth-order valence-corrected chi connectivity index (χ4v) is 1.01. The number of hydrogen-bond donors (Lipinski definition) is 0. The summed E-state index contributed by atoms with van der Waals surface area (Å²) in [5.74, 6) is 0.796. The van der Waals surface area contributed by atoms with Crippen LogP contribution in [0.5, 0.6) is 0 Å². The molecule has 0 aromatic heterocycles. The van der Waals surface area contributed by atoms with Crippen molar-refractivity contribution >= 4 is 40.0 Å². The molecule has 0 saturated heterocycles. The van der Waals surface area contributed by atoms with Crippen LogP contribution in [-0.4, -0.2) is 23.1 Å². The van der Waals surface area contributed by atoms with Crippen molar-refractivity contribution in [3.63, 3.8) is 0 Å². The van der Waals surface area contributed by atoms with Crippen LogP contribution in [0.2, 0.25) is 0 Å². The van der Waals surface area contributed by atoms with Crippen LogP contribution in [0.15, 0.2) is 0 Å². The summed E-state index contributed by atoms with van der Waals surface area (Å²) in [6.45, 7) is 9.44. The molecule has 0 unspecified atom stereocenters. The third-order valence-electron chi connectivity index (χ3n) is 1.47. The van der Waals surface area contributed by atoms with Gasteiger partial charge in [-0.2, -0.15) is 12.3 Å². The largest absolute Gasteiger partial charge is 2.00 e. The summed E-state index contributed by atoms with van der Waals surface area (Å²) < 4.78 is 0. The van der Waals surface area contributed by atoms with Gasteiger partial charge < -0.3 is 13.8 Å². The molecule has 0 nitrogen and oxygen atoms in total. The van der Waals surface area contributed by atoms with E-state index in [2.05, 4.69) is 13.8 Å². The summed E-state index contributed by atoms with van der Waals surface area (Å²) in [6.07, 6.45) is 6.60. The Morgan fingerprint density at radius 2 is 1.55 bits per heavy atom. The summed E-state index contributed by atoms with van der Waals surface area (Å²) in [6, 6.07) is 0. The van der Waals surface area contributed by atoms with Gasteiger partial charge in [0.1, 0.15) is 0 Å². The van der Waals surface area contributed by atoms with E-state index in [9.17, 15) is 0 Å². The molecule has 0 bridgehead atoms. The molecule has 0 radical (unpaired) electrons. The zero-order valence-corrected chi connectivity index (χ0v) is 10.8. The van der Waals surface area contributed by atoms with Gasteiger partial charge in [-0.15, -0.1) is 17.0 Å². The van der Waals surface area contributed by atoms with Crippen LogP contribution in [0.25, 0.3) is 0 Å². The van der Waals surface area contributed by atoms with Crippen molar-refractivity contribution in [2.24, 2.45) is 5.92 Å². The topological polar surface area (TPSA) is 0 Å². The molecule has 1 saturated carbocycles. The van der Waals surface area contributed by atoms with Crippen molar-refractivity contribution in [3.05, 3.63) is 13.8 Å². The molecule has 1 rings (SSSR count). The van der Waals surface area contributed by atoms with Gasteiger partial charge in [0.05, 0.1) is 0 Å². The van der Waals surface area contributed by atoms with Gasteiger partial charge in [0.15, 0.2) is 0 Å². The van der Waals surface area contributed by atoms with E-state index in [4.69, 9.17) is 0 Å². The average molecular weight is 231 g/mol. The predicted octanol–water partition coefficient (Wildman–Crippen LogP) is 3.44. The molecule has 0 atom stereocenters. The van der Waals surface area contributed by atoms with Crippen molar-refractivity contribution in [1.29, 1.82) is 0 Å². The SMILES string of the molecule is Br.[CH2-]C1CCCC1.[CH2-]CC.[Mg+2]. The molecule has 0 amide bonds. The van der Waals surface area contributed by atoms with Crippen molar-refractivity contribution in [2.45, 2.75) is 39.0 Å². The molecule has 0 heterocycles. The Balaban J connectivity index is -0.000000116. The summed E-state index contributed by atoms with van der Waals surface area (Å²) in [5.41, 5.74) is 0. The minimum Gasteiger partial charge on any atom is -0.344 e. The molecule has 0 aromatic carbocycles. The maximum atomic E-state index is 3.94. The average Bonchev–Trinajstić information content (AvgIpc) is 2.20. The molecular weight excluding hydrogens is 212 g/mol. The number of rotatable bonds is 0. The Kier molecular flexibility index (Phi) is 22.7. The fourth-order valence-electron chi connectivity index (χ4n) is 1.01. The van der Waals surface area contributed by atoms with Gasteiger partial charge in [-0.25, -0.2) is 0 Å². The van der Waals surface area contributed by atoms with Crippen LogP contribution < -0.4 is 0 Å². The van der Waals surface area contributed by atoms with Gasteiger partial charge in [-0.1, -0.05) is 32.6 Å². The van der Waals surface area contributed by atoms with Crippen LogP contribution in [0.4, 0.5) is 0 Å². The van der Waals surface area contributed by atoms with Gasteiger partial charge in [0, 0.05) is 0 Å². The van der Waals surface area contributed by atoms with E-state index in [1.807, 2.05) is 6.92 Å². The molecule has 1 aliphatic rings. The smallest absolute Gasteiger partial charge is 0.344 e. The summed E-state index contributed by atoms with van der Waals surface area (Å²) in [4.78, 5) is 0. The Labute approximate surface area is 98.4 Å². The molecule has 0 N–H and O–H groups in total. The molecule has 1 aliphatic carbocycles. The summed E-state index contributed by atoms with van der Waals surface area (Å²) >= 11 is 0. The second-order valence-corrected chi connectivity index (χ2v) is 2.65. The minimum atomic E-state index is 0. The number of hydrogen-bond acceptors (Lipinski definition) is 0. The van der Waals surface area contributed by atoms with E-state index in [1.54, 1.807) is 0 Å². The van der Waals surface area contributed by atoms with E-state index >= 15 is 0 Å². The van der Waals surface area contributed by atoms with E-state index in [-0.39, 0.29) is 40.0 Å². The number of halogens is 1. The molecule has 64 valence electrons. The molecule has 0 spiro atoms. The van der Waals surface area contributed by atoms with Gasteiger partial charge in [0.25, 0.3) is 0 Å². The molecule has 1 fully saturated rings. The van der Waals surface area contributed by atoms with Crippen molar-refractivity contribution < 1.29 is 0 Å². The summed E-state index contributed by atoms with van der Waals surface area (Å²) in [5, 5.41) is 0. The Morgan fingerprint density at radius 1 is 1.27 bits per heavy atom. The van der Waals surface area contributed by atoms with Gasteiger partial charge in [-0.05, 0) is 0 Å². The first kappa shape index (κ1) is 18.1. The second kappa shape index (κ2) is 13.8. The van der Waals surface area contributed by atoms with Gasteiger partial charge in [-0.3, -0.25) is 0 Å². The zero-order valence-electron chi connectivity index (χ0n) is 7.64. The first-order chi connectivity index (χ1) is 4.31. The van der Waals surface area contributed by atoms with Crippen LogP contribution in [0.3, 0.4) is 0 Å². The minimum absolute atomic E-state index is 0. The van der Waals surface area contributed by atoms with Crippen LogP contribution in [0, 0.1) is 19.8 Å². The van der Waals surface area contributed by atoms with Crippen LogP contribution in [-0.2, 0) is 0 Å². The van der Waals surface area contributed by atoms with Crippen molar-refractivity contribution in [1.82, 2.24) is 0 Å². The first-order valence-electron chi connectivity index (χ1n) is 3.93. The fraction of sp³-hybridized carbons (Fsp3) is 0.778. The van der Waals surface area contributed by atoms with E-state index in [0.717, 1.165) is 12.3 Å². The maximum Gasteiger partial charge on any atom is 2.00 e. The molecule has 0 aliphatic heterocycles. The standard InChI is InChI=1S/C6H11.C3H7.BrH.Mg/c1-6-4-2-3-5-6;1-3-2;;/h6H,1-5H2;1,3H2,2H3;1H;/q2*-1;;+2. The third-order valence-corrected chi connectivity index (χ3v) is 1.47. The Bertz CT molecular complexity index is 51.5. The quantitative estimate of drug-likeness (QED) is 0.442. The van der Waals surface area contributed by atoms with Gasteiger partial charge >= 0.3 is 23.1 Å². The maximum absolute atomic E-state index is 3.94. The molecule has 2 heteroatoms. The Morgan fingerprint density at radius 3 is 1.64 bits per heavy atom. The van der Waals surface area contributed by atoms with E-state index in [0.29, 0.717) is 0 Å². The normalized spacial score (nSPS) is 15.5. The van der Waals surface area contributed by atoms with E-state index in [1.165, 1.54) is 25.7 Å². The van der Waals surface area contributed by atoms with Gasteiger partial charge in [0.2, 0.25) is 0 Å². The zero-order chi connectivity index (χ0) is 7.11. The second-order valence-electron chi connectivity index (χ2n) is 2.65. The van der Waals surface area contributed by atoms with Crippen molar-refractivity contribution in [2.75, 3.05) is 0 Å². The monoisotopic (exact) mass is 230 g/mol. The van der Waals surface area contributed by atoms with Crippen LogP contribution in [0.1, 0.15) is 39.0 Å². The van der Waals surface area contributed by atoms with Crippen LogP contribution >= 0.6 is 17.0 Å². The predicted molar refractivity (Wildman–Crippen MR) is 59.0 cm³/mol. The molecule has 11 heavy (non-hydrogen) atoms. The molecular formula is C9H19BrMg. The Hall–Kier alpha value is 1.25. The third kappa shape index (κ3) is 14.1. The van der Waals surface area contributed by atoms with Crippen molar-refractivity contribution in [3.8, 4) is 0 Å². The summed E-state index contributed by atoms with van der Waals surface area (Å²) in [7, 11) is 0. The van der Waals surface area contributed by atoms with E-state index < -0.39 is 0 Å². The first-order valence-corrected chi connectivity index (χ1v) is 3.93.